The molecular weight excluding hydrogens is 236 g/mol. The van der Waals surface area contributed by atoms with Gasteiger partial charge in [0, 0.05) is 6.29 Å². The summed E-state index contributed by atoms with van der Waals surface area (Å²) in [5.41, 5.74) is 0. The third-order valence-electron chi connectivity index (χ3n) is 2.35. The van der Waals surface area contributed by atoms with Gasteiger partial charge in [-0.3, -0.25) is 0 Å². The van der Waals surface area contributed by atoms with E-state index in [4.69, 9.17) is 14.6 Å². The quantitative estimate of drug-likeness (QED) is 0.270. The largest absolute Gasteiger partial charge is 0.829 e. The average Bonchev–Trinajstić information content (AvgIpc) is 2.27. The van der Waals surface area contributed by atoms with E-state index in [0.29, 0.717) is 0 Å². The first-order valence-corrected chi connectivity index (χ1v) is 4.95. The first kappa shape index (κ1) is 14.2. The van der Waals surface area contributed by atoms with E-state index in [1.54, 1.807) is 0 Å². The van der Waals surface area contributed by atoms with Gasteiger partial charge in [-0.15, -0.1) is 0 Å². The molecule has 0 unspecified atom stereocenters. The van der Waals surface area contributed by atoms with E-state index in [-0.39, 0.29) is 4.86 Å². The number of rotatable bonds is 4. The fraction of sp³-hybridized carbons (Fsp3) is 1.00. The standard InChI is InChI=1S/C8H15N2O7/c1-10(15)9-3-16-7-6(13)5(12)4(2-11)17-8(7)14/h4-8,11-13H,2-3H2,1H3/q-1/b10-9-/t4-,5-,6+,7-,8-/m1/s1. The summed E-state index contributed by atoms with van der Waals surface area (Å²) in [4.78, 5) is 0.239. The second-order valence-corrected chi connectivity index (χ2v) is 3.57. The fourth-order valence-corrected chi connectivity index (χ4v) is 1.43. The summed E-state index contributed by atoms with van der Waals surface area (Å²) in [5.74, 6) is 0. The summed E-state index contributed by atoms with van der Waals surface area (Å²) in [6, 6.07) is 0. The van der Waals surface area contributed by atoms with Crippen LogP contribution in [0.15, 0.2) is 5.11 Å². The minimum atomic E-state index is -1.77. The molecule has 0 aromatic rings. The van der Waals surface area contributed by atoms with Crippen LogP contribution in [0.1, 0.15) is 0 Å². The average molecular weight is 251 g/mol. The maximum Gasteiger partial charge on any atom is 0.201 e. The van der Waals surface area contributed by atoms with E-state index in [9.17, 15) is 20.5 Å². The summed E-state index contributed by atoms with van der Waals surface area (Å²) in [6.07, 6.45) is -7.20. The monoisotopic (exact) mass is 251 g/mol. The van der Waals surface area contributed by atoms with Crippen molar-refractivity contribution in [2.75, 3.05) is 20.4 Å². The van der Waals surface area contributed by atoms with Crippen molar-refractivity contribution in [1.29, 1.82) is 0 Å². The van der Waals surface area contributed by atoms with E-state index in [0.717, 1.165) is 7.05 Å². The lowest BCUT2D eigenvalue weighted by Gasteiger charge is -2.44. The Balaban J connectivity index is 2.57. The van der Waals surface area contributed by atoms with Crippen molar-refractivity contribution in [2.45, 2.75) is 30.7 Å². The molecule has 0 amide bonds. The molecule has 0 bridgehead atoms. The number of hydroxylamine groups is 1. The van der Waals surface area contributed by atoms with Crippen LogP contribution in [-0.4, -0.2) is 71.3 Å². The number of aliphatic hydroxyl groups excluding tert-OH is 3. The molecule has 1 aliphatic rings. The maximum absolute atomic E-state index is 11.4. The van der Waals surface area contributed by atoms with Gasteiger partial charge < -0.3 is 35.1 Å². The number of ether oxygens (including phenoxy) is 2. The summed E-state index contributed by atoms with van der Waals surface area (Å²) in [6.45, 7) is -1.02. The molecule has 0 aromatic heterocycles. The fourth-order valence-electron chi connectivity index (χ4n) is 1.43. The van der Waals surface area contributed by atoms with Crippen molar-refractivity contribution in [3.63, 3.8) is 0 Å². The molecule has 0 radical (unpaired) electrons. The van der Waals surface area contributed by atoms with Gasteiger partial charge in [0.1, 0.15) is 18.3 Å². The molecule has 1 heterocycles. The van der Waals surface area contributed by atoms with E-state index in [1.807, 2.05) is 0 Å². The first-order valence-electron chi connectivity index (χ1n) is 4.95. The predicted octanol–water partition coefficient (Wildman–Crippen LogP) is -3.28. The van der Waals surface area contributed by atoms with Crippen molar-refractivity contribution in [3.8, 4) is 0 Å². The second-order valence-electron chi connectivity index (χ2n) is 3.57. The van der Waals surface area contributed by atoms with Crippen molar-refractivity contribution < 1.29 is 34.8 Å². The Morgan fingerprint density at radius 2 is 2.06 bits per heavy atom. The topological polar surface area (TPSA) is 141 Å². The second kappa shape index (κ2) is 6.19. The van der Waals surface area contributed by atoms with Crippen LogP contribution in [0.3, 0.4) is 0 Å². The van der Waals surface area contributed by atoms with Gasteiger partial charge in [0.05, 0.1) is 12.7 Å². The molecule has 1 fully saturated rings. The highest BCUT2D eigenvalue weighted by Crippen LogP contribution is 2.20. The van der Waals surface area contributed by atoms with Gasteiger partial charge in [0.25, 0.3) is 0 Å². The SMILES string of the molecule is C/[N+]([O-])=N/CO[C@@H]1[C@@H](O)[C@H](O)[C@@H](CO)O[C@H]1[O-]. The highest BCUT2D eigenvalue weighted by atomic mass is 16.7. The van der Waals surface area contributed by atoms with Crippen LogP contribution in [-0.2, 0) is 9.47 Å². The molecule has 0 aliphatic carbocycles. The van der Waals surface area contributed by atoms with E-state index in [2.05, 4.69) is 5.11 Å². The molecule has 9 heteroatoms. The molecule has 100 valence electrons. The van der Waals surface area contributed by atoms with Crippen LogP contribution in [0.2, 0.25) is 0 Å². The van der Waals surface area contributed by atoms with Crippen LogP contribution in [0, 0.1) is 5.21 Å². The normalized spacial score (nSPS) is 39.4. The highest BCUT2D eigenvalue weighted by molar-refractivity contribution is 4.88. The molecule has 5 atom stereocenters. The van der Waals surface area contributed by atoms with Crippen LogP contribution in [0.25, 0.3) is 0 Å². The van der Waals surface area contributed by atoms with Crippen LogP contribution in [0.4, 0.5) is 0 Å². The number of aliphatic hydroxyl groups is 3. The van der Waals surface area contributed by atoms with E-state index >= 15 is 0 Å². The van der Waals surface area contributed by atoms with Gasteiger partial charge in [-0.2, -0.15) is 0 Å². The minimum absolute atomic E-state index is 0.239. The van der Waals surface area contributed by atoms with Crippen molar-refractivity contribution in [1.82, 2.24) is 0 Å². The molecule has 1 aliphatic heterocycles. The Hall–Kier alpha value is -0.840. The number of hydrogen-bond donors (Lipinski definition) is 3. The summed E-state index contributed by atoms with van der Waals surface area (Å²) in [5, 5.41) is 53.0. The van der Waals surface area contributed by atoms with Crippen molar-refractivity contribution >= 4 is 0 Å². The number of nitrogens with zero attached hydrogens (tertiary/aromatic N) is 2. The molecule has 0 spiro atoms. The molecule has 0 aromatic carbocycles. The zero-order chi connectivity index (χ0) is 13.0. The molecule has 3 N–H and O–H groups in total. The Morgan fingerprint density at radius 1 is 1.41 bits per heavy atom. The number of azo groups is 1. The predicted molar refractivity (Wildman–Crippen MR) is 49.5 cm³/mol. The first-order chi connectivity index (χ1) is 7.97. The summed E-state index contributed by atoms with van der Waals surface area (Å²) in [7, 11) is 1.13. The van der Waals surface area contributed by atoms with E-state index in [1.165, 1.54) is 0 Å². The molecule has 17 heavy (non-hydrogen) atoms. The summed E-state index contributed by atoms with van der Waals surface area (Å²) < 4.78 is 9.56. The van der Waals surface area contributed by atoms with Gasteiger partial charge in [-0.25, -0.2) is 0 Å². The van der Waals surface area contributed by atoms with Crippen molar-refractivity contribution in [3.05, 3.63) is 5.21 Å². The molecular formula is C8H15N2O7-. The molecule has 1 saturated heterocycles. The highest BCUT2D eigenvalue weighted by Gasteiger charge is 2.40. The Bertz CT molecular complexity index is 271. The van der Waals surface area contributed by atoms with Crippen LogP contribution in [0.5, 0.6) is 0 Å². The Kier molecular flexibility index (Phi) is 5.18. The zero-order valence-corrected chi connectivity index (χ0v) is 9.17. The lowest BCUT2D eigenvalue weighted by molar-refractivity contribution is -0.538. The third kappa shape index (κ3) is 3.56. The van der Waals surface area contributed by atoms with Crippen LogP contribution < -0.4 is 5.11 Å². The smallest absolute Gasteiger partial charge is 0.201 e. The van der Waals surface area contributed by atoms with Gasteiger partial charge >= 0.3 is 0 Å². The van der Waals surface area contributed by atoms with E-state index < -0.39 is 44.0 Å². The maximum atomic E-state index is 11.4. The van der Waals surface area contributed by atoms with Gasteiger partial charge in [-0.05, 0) is 5.11 Å². The molecule has 9 nitrogen and oxygen atoms in total. The van der Waals surface area contributed by atoms with Gasteiger partial charge in [0.15, 0.2) is 7.05 Å². The van der Waals surface area contributed by atoms with Gasteiger partial charge in [0.2, 0.25) is 6.73 Å². The van der Waals surface area contributed by atoms with Crippen molar-refractivity contribution in [2.24, 2.45) is 5.11 Å². The number of hydrogen-bond acceptors (Lipinski definition) is 8. The molecule has 0 saturated carbocycles. The minimum Gasteiger partial charge on any atom is -0.829 e. The third-order valence-corrected chi connectivity index (χ3v) is 2.35. The lowest BCUT2D eigenvalue weighted by Crippen LogP contribution is -2.63. The Morgan fingerprint density at radius 3 is 2.59 bits per heavy atom. The molecule has 1 rings (SSSR count). The summed E-state index contributed by atoms with van der Waals surface area (Å²) >= 11 is 0. The Labute approximate surface area is 97.1 Å². The zero-order valence-electron chi connectivity index (χ0n) is 9.17. The lowest BCUT2D eigenvalue weighted by atomic mass is 9.99. The van der Waals surface area contributed by atoms with Crippen LogP contribution >= 0.6 is 0 Å². The van der Waals surface area contributed by atoms with Gasteiger partial charge in [-0.1, -0.05) is 4.86 Å².